The number of hydrogen-bond acceptors (Lipinski definition) is 8. The lowest BCUT2D eigenvalue weighted by Gasteiger charge is -2.28. The van der Waals surface area contributed by atoms with E-state index in [2.05, 4.69) is 19.8 Å². The Morgan fingerprint density at radius 2 is 1.82 bits per heavy atom. The number of carbonyl (C=O) groups excluding carboxylic acids is 1. The second-order valence-electron chi connectivity index (χ2n) is 9.89. The molecule has 3 aromatic carbocycles. The van der Waals surface area contributed by atoms with Crippen LogP contribution in [0.5, 0.6) is 5.75 Å². The van der Waals surface area contributed by atoms with Crippen molar-refractivity contribution in [3.8, 4) is 5.75 Å². The molecule has 4 rings (SSSR count). The summed E-state index contributed by atoms with van der Waals surface area (Å²) in [7, 11) is -2.54. The maximum atomic E-state index is 12.6. The molecule has 0 saturated carbocycles. The summed E-state index contributed by atoms with van der Waals surface area (Å²) in [6.45, 7) is 4.53. The fraction of sp³-hybridized carbons (Fsp3) is 0.286. The van der Waals surface area contributed by atoms with E-state index in [4.69, 9.17) is 4.74 Å². The molecule has 4 aromatic rings. The molecule has 0 aliphatic carbocycles. The molecule has 1 heterocycles. The van der Waals surface area contributed by atoms with Gasteiger partial charge < -0.3 is 24.9 Å². The van der Waals surface area contributed by atoms with Crippen LogP contribution in [-0.2, 0) is 21.3 Å². The van der Waals surface area contributed by atoms with E-state index in [0.717, 1.165) is 0 Å². The average Bonchev–Trinajstić information content (AvgIpc) is 3.25. The first-order chi connectivity index (χ1) is 19.0. The highest BCUT2D eigenvalue weighted by Gasteiger charge is 2.21. The summed E-state index contributed by atoms with van der Waals surface area (Å²) in [6.07, 6.45) is -1.19. The number of imidazole rings is 1. The molecule has 4 N–H and O–H groups in total. The first-order valence-electron chi connectivity index (χ1n) is 12.6. The van der Waals surface area contributed by atoms with Gasteiger partial charge in [0.1, 0.15) is 5.75 Å². The molecule has 0 aliphatic heterocycles. The Bertz CT molecular complexity index is 1650. The van der Waals surface area contributed by atoms with Gasteiger partial charge in [-0.1, -0.05) is 30.3 Å². The third kappa shape index (κ3) is 7.08. The van der Waals surface area contributed by atoms with E-state index in [-0.39, 0.29) is 22.9 Å². The van der Waals surface area contributed by atoms with E-state index in [0.29, 0.717) is 35.2 Å². The number of H-pyrrole nitrogens is 1. The lowest BCUT2D eigenvalue weighted by atomic mass is 9.99. The van der Waals surface area contributed by atoms with Crippen molar-refractivity contribution in [2.24, 2.45) is 0 Å². The number of sulfonamides is 1. The van der Waals surface area contributed by atoms with E-state index in [9.17, 15) is 23.1 Å². The highest BCUT2D eigenvalue weighted by Crippen LogP contribution is 2.23. The van der Waals surface area contributed by atoms with Crippen LogP contribution in [0.1, 0.15) is 31.9 Å². The second-order valence-corrected chi connectivity index (χ2v) is 11.6. The number of ether oxygens (including phenoxy) is 2. The summed E-state index contributed by atoms with van der Waals surface area (Å²) in [5.74, 6) is 0.251. The van der Waals surface area contributed by atoms with Crippen LogP contribution in [0.3, 0.4) is 0 Å². The van der Waals surface area contributed by atoms with Crippen molar-refractivity contribution in [3.05, 3.63) is 88.8 Å². The molecule has 0 aliphatic rings. The Labute approximate surface area is 231 Å². The van der Waals surface area contributed by atoms with Crippen LogP contribution in [0, 0.1) is 0 Å². The molecule has 0 radical (unpaired) electrons. The van der Waals surface area contributed by atoms with Crippen LogP contribution in [0.4, 0.5) is 10.5 Å². The lowest BCUT2D eigenvalue weighted by molar-refractivity contribution is 0.121. The molecule has 40 heavy (non-hydrogen) atoms. The number of benzene rings is 3. The molecular formula is C28H32N4O7S. The van der Waals surface area contributed by atoms with Gasteiger partial charge in [-0.2, -0.15) is 0 Å². The highest BCUT2D eigenvalue weighted by atomic mass is 32.2. The number of carbonyl (C=O) groups is 1. The van der Waals surface area contributed by atoms with Gasteiger partial charge in [0, 0.05) is 30.4 Å². The third-order valence-corrected chi connectivity index (χ3v) is 7.82. The lowest BCUT2D eigenvalue weighted by Crippen LogP contribution is -2.42. The van der Waals surface area contributed by atoms with Crippen molar-refractivity contribution < 1.29 is 27.8 Å². The minimum absolute atomic E-state index is 0.147. The Morgan fingerprint density at radius 1 is 1.07 bits per heavy atom. The predicted molar refractivity (Wildman–Crippen MR) is 151 cm³/mol. The molecule has 1 unspecified atom stereocenters. The zero-order valence-corrected chi connectivity index (χ0v) is 23.2. The van der Waals surface area contributed by atoms with Crippen LogP contribution in [0.15, 0.2) is 82.5 Å². The van der Waals surface area contributed by atoms with Gasteiger partial charge in [-0.3, -0.25) is 9.29 Å². The van der Waals surface area contributed by atoms with Gasteiger partial charge in [-0.25, -0.2) is 18.0 Å². The first kappa shape index (κ1) is 28.9. The van der Waals surface area contributed by atoms with E-state index in [1.165, 1.54) is 19.2 Å². The van der Waals surface area contributed by atoms with Gasteiger partial charge in [0.2, 0.25) is 0 Å². The number of nitrogens with one attached hydrogen (secondary N) is 3. The van der Waals surface area contributed by atoms with Crippen molar-refractivity contribution in [2.75, 3.05) is 18.4 Å². The summed E-state index contributed by atoms with van der Waals surface area (Å²) < 4.78 is 39.0. The average molecular weight is 569 g/mol. The molecular weight excluding hydrogens is 536 g/mol. The quantitative estimate of drug-likeness (QED) is 0.158. The topological polar surface area (TPSA) is 152 Å². The largest absolute Gasteiger partial charge is 0.513 e. The molecule has 0 spiro atoms. The maximum Gasteiger partial charge on any atom is 0.513 e. The number of rotatable bonds is 11. The number of hydrogen-bond donors (Lipinski definition) is 4. The number of aliphatic hydroxyl groups is 1. The number of aryl methyl sites for hydroxylation is 1. The Kier molecular flexibility index (Phi) is 8.62. The monoisotopic (exact) mass is 568 g/mol. The Morgan fingerprint density at radius 3 is 2.55 bits per heavy atom. The van der Waals surface area contributed by atoms with Gasteiger partial charge in [0.15, 0.2) is 0 Å². The number of fused-ring (bicyclic) bond motifs is 1. The number of aromatic amines is 1. The normalized spacial score (nSPS) is 12.7. The SMILES string of the molecule is COC(=O)Oc1ccc2c(c1)[nH]c(=O)n2CCC(C)(C)NCC(O)c1cccc(NS(=O)(=O)c2ccccc2)c1. The Balaban J connectivity index is 1.37. The van der Waals surface area contributed by atoms with Crippen LogP contribution < -0.4 is 20.5 Å². The standard InChI is InChI=1S/C28H32N4O7S/c1-28(2,14-15-32-24-13-12-21(39-27(35)38-3)17-23(24)30-26(32)34)29-18-25(33)19-8-7-9-20(16-19)31-40(36,37)22-10-5-4-6-11-22/h4-13,16-17,25,29,31,33H,14-15,18H2,1-3H3,(H,30,34). The van der Waals surface area contributed by atoms with E-state index < -0.39 is 27.8 Å². The number of anilines is 1. The molecule has 0 amide bonds. The smallest absolute Gasteiger partial charge is 0.437 e. The van der Waals surface area contributed by atoms with Crippen molar-refractivity contribution >= 4 is 32.9 Å². The van der Waals surface area contributed by atoms with Crippen molar-refractivity contribution in [3.63, 3.8) is 0 Å². The minimum Gasteiger partial charge on any atom is -0.437 e. The summed E-state index contributed by atoms with van der Waals surface area (Å²) in [6, 6.07) is 19.5. The number of aromatic nitrogens is 2. The van der Waals surface area contributed by atoms with Gasteiger partial charge in [-0.15, -0.1) is 0 Å². The van der Waals surface area contributed by atoms with E-state index in [1.54, 1.807) is 65.2 Å². The Hall–Kier alpha value is -4.13. The predicted octanol–water partition coefficient (Wildman–Crippen LogP) is 3.77. The number of β-amino-alcohol motifs (C(OH)–C–C–N with tert-alkyl or cyclic N) is 1. The number of methoxy groups -OCH3 is 1. The summed E-state index contributed by atoms with van der Waals surface area (Å²) >= 11 is 0. The summed E-state index contributed by atoms with van der Waals surface area (Å²) in [5, 5.41) is 14.2. The maximum absolute atomic E-state index is 12.6. The number of aliphatic hydroxyl groups excluding tert-OH is 1. The molecule has 1 atom stereocenters. The zero-order valence-electron chi connectivity index (χ0n) is 22.4. The van der Waals surface area contributed by atoms with Crippen molar-refractivity contribution in [2.45, 2.75) is 43.4 Å². The molecule has 0 saturated heterocycles. The molecule has 0 fully saturated rings. The van der Waals surface area contributed by atoms with Gasteiger partial charge >= 0.3 is 11.8 Å². The summed E-state index contributed by atoms with van der Waals surface area (Å²) in [4.78, 5) is 26.8. The fourth-order valence-electron chi connectivity index (χ4n) is 4.16. The third-order valence-electron chi connectivity index (χ3n) is 6.42. The van der Waals surface area contributed by atoms with Crippen LogP contribution in [0.25, 0.3) is 11.0 Å². The molecule has 12 heteroatoms. The molecule has 1 aromatic heterocycles. The molecule has 11 nitrogen and oxygen atoms in total. The van der Waals surface area contributed by atoms with Crippen LogP contribution in [0.2, 0.25) is 0 Å². The van der Waals surface area contributed by atoms with Crippen molar-refractivity contribution in [1.82, 2.24) is 14.9 Å². The van der Waals surface area contributed by atoms with E-state index in [1.807, 2.05) is 13.8 Å². The molecule has 0 bridgehead atoms. The van der Waals surface area contributed by atoms with Gasteiger partial charge in [0.05, 0.1) is 29.1 Å². The van der Waals surface area contributed by atoms with Crippen LogP contribution >= 0.6 is 0 Å². The van der Waals surface area contributed by atoms with Gasteiger partial charge in [-0.05, 0) is 62.2 Å². The van der Waals surface area contributed by atoms with Crippen LogP contribution in [-0.4, -0.2) is 48.4 Å². The van der Waals surface area contributed by atoms with E-state index >= 15 is 0 Å². The zero-order chi connectivity index (χ0) is 28.9. The highest BCUT2D eigenvalue weighted by molar-refractivity contribution is 7.92. The fourth-order valence-corrected chi connectivity index (χ4v) is 5.23. The number of nitrogens with zero attached hydrogens (tertiary/aromatic N) is 1. The second kappa shape index (κ2) is 11.9. The van der Waals surface area contributed by atoms with Crippen molar-refractivity contribution in [1.29, 1.82) is 0 Å². The minimum atomic E-state index is -3.75. The van der Waals surface area contributed by atoms with Gasteiger partial charge in [0.25, 0.3) is 10.0 Å². The molecule has 212 valence electrons. The first-order valence-corrected chi connectivity index (χ1v) is 14.0. The summed E-state index contributed by atoms with van der Waals surface area (Å²) in [5.41, 5.74) is 1.33.